The number of rotatable bonds is 7. The van der Waals surface area contributed by atoms with Crippen LogP contribution in [0.2, 0.25) is 5.02 Å². The Balaban J connectivity index is 1.57. The van der Waals surface area contributed by atoms with Gasteiger partial charge in [-0.05, 0) is 62.8 Å². The van der Waals surface area contributed by atoms with Crippen LogP contribution in [0, 0.1) is 11.7 Å². The SMILES string of the molecule is CN(C)CC1CCN(Cc2cccc(OCc3c(F)cccc3Cl)c2)C1. The fourth-order valence-electron chi connectivity index (χ4n) is 3.54. The number of hydrogen-bond acceptors (Lipinski definition) is 3. The van der Waals surface area contributed by atoms with E-state index in [0.717, 1.165) is 37.8 Å². The van der Waals surface area contributed by atoms with Gasteiger partial charge in [-0.2, -0.15) is 0 Å². The maximum absolute atomic E-state index is 13.9. The molecular weight excluding hydrogens is 351 g/mol. The molecule has 5 heteroatoms. The van der Waals surface area contributed by atoms with Gasteiger partial charge in [-0.15, -0.1) is 0 Å². The molecule has 1 aliphatic rings. The molecule has 1 heterocycles. The van der Waals surface area contributed by atoms with Gasteiger partial charge in [0.2, 0.25) is 0 Å². The molecule has 1 atom stereocenters. The summed E-state index contributed by atoms with van der Waals surface area (Å²) in [5.74, 6) is 1.15. The van der Waals surface area contributed by atoms with Crippen molar-refractivity contribution in [1.29, 1.82) is 0 Å². The lowest BCUT2D eigenvalue weighted by atomic mass is 10.1. The highest BCUT2D eigenvalue weighted by atomic mass is 35.5. The van der Waals surface area contributed by atoms with Gasteiger partial charge in [0.15, 0.2) is 0 Å². The number of nitrogens with zero attached hydrogens (tertiary/aromatic N) is 2. The summed E-state index contributed by atoms with van der Waals surface area (Å²) < 4.78 is 19.6. The average molecular weight is 377 g/mol. The van der Waals surface area contributed by atoms with Gasteiger partial charge in [0.1, 0.15) is 18.2 Å². The molecule has 2 aromatic carbocycles. The molecule has 0 aliphatic carbocycles. The van der Waals surface area contributed by atoms with E-state index in [-0.39, 0.29) is 12.4 Å². The second kappa shape index (κ2) is 8.85. The lowest BCUT2D eigenvalue weighted by Gasteiger charge is -2.18. The summed E-state index contributed by atoms with van der Waals surface area (Å²) in [5, 5.41) is 0.394. The van der Waals surface area contributed by atoms with Crippen molar-refractivity contribution in [3.05, 3.63) is 64.4 Å². The van der Waals surface area contributed by atoms with E-state index in [1.54, 1.807) is 12.1 Å². The van der Waals surface area contributed by atoms with E-state index in [2.05, 4.69) is 30.0 Å². The summed E-state index contributed by atoms with van der Waals surface area (Å²) in [5.41, 5.74) is 1.61. The Kier molecular flexibility index (Phi) is 6.52. The van der Waals surface area contributed by atoms with E-state index in [0.29, 0.717) is 10.6 Å². The van der Waals surface area contributed by atoms with E-state index < -0.39 is 0 Å². The van der Waals surface area contributed by atoms with Crippen molar-refractivity contribution in [3.8, 4) is 5.75 Å². The molecule has 0 saturated carbocycles. The lowest BCUT2D eigenvalue weighted by Crippen LogP contribution is -2.25. The molecule has 0 aromatic heterocycles. The van der Waals surface area contributed by atoms with Crippen LogP contribution in [0.1, 0.15) is 17.5 Å². The summed E-state index contributed by atoms with van der Waals surface area (Å²) in [6, 6.07) is 12.7. The molecule has 0 radical (unpaired) electrons. The van der Waals surface area contributed by atoms with Crippen molar-refractivity contribution in [2.75, 3.05) is 33.7 Å². The van der Waals surface area contributed by atoms with Crippen LogP contribution in [-0.4, -0.2) is 43.5 Å². The van der Waals surface area contributed by atoms with E-state index in [1.165, 1.54) is 18.1 Å². The highest BCUT2D eigenvalue weighted by Gasteiger charge is 2.22. The molecule has 1 saturated heterocycles. The van der Waals surface area contributed by atoms with Crippen LogP contribution in [0.5, 0.6) is 5.75 Å². The first-order chi connectivity index (χ1) is 12.5. The minimum absolute atomic E-state index is 0.129. The number of hydrogen-bond donors (Lipinski definition) is 0. The normalized spacial score (nSPS) is 17.8. The van der Waals surface area contributed by atoms with Gasteiger partial charge < -0.3 is 9.64 Å². The van der Waals surface area contributed by atoms with Gasteiger partial charge >= 0.3 is 0 Å². The van der Waals surface area contributed by atoms with E-state index in [9.17, 15) is 4.39 Å². The van der Waals surface area contributed by atoms with Crippen LogP contribution in [0.4, 0.5) is 4.39 Å². The summed E-state index contributed by atoms with van der Waals surface area (Å²) in [7, 11) is 4.26. The van der Waals surface area contributed by atoms with Crippen molar-refractivity contribution in [2.24, 2.45) is 5.92 Å². The topological polar surface area (TPSA) is 15.7 Å². The van der Waals surface area contributed by atoms with Crippen molar-refractivity contribution >= 4 is 11.6 Å². The quantitative estimate of drug-likeness (QED) is 0.710. The molecular formula is C21H26ClFN2O. The molecule has 1 unspecified atom stereocenters. The number of likely N-dealkylation sites (tertiary alicyclic amines) is 1. The van der Waals surface area contributed by atoms with Crippen molar-refractivity contribution < 1.29 is 9.13 Å². The van der Waals surface area contributed by atoms with Gasteiger partial charge in [-0.3, -0.25) is 4.90 Å². The maximum atomic E-state index is 13.9. The van der Waals surface area contributed by atoms with E-state index in [1.807, 2.05) is 18.2 Å². The van der Waals surface area contributed by atoms with Gasteiger partial charge in [-0.1, -0.05) is 29.8 Å². The van der Waals surface area contributed by atoms with Crippen molar-refractivity contribution in [1.82, 2.24) is 9.80 Å². The summed E-state index contributed by atoms with van der Waals surface area (Å²) in [6.07, 6.45) is 1.25. The van der Waals surface area contributed by atoms with Crippen LogP contribution in [-0.2, 0) is 13.2 Å². The molecule has 140 valence electrons. The van der Waals surface area contributed by atoms with Gasteiger partial charge in [0.05, 0.1) is 5.02 Å². The molecule has 0 amide bonds. The molecule has 3 rings (SSSR count). The van der Waals surface area contributed by atoms with E-state index >= 15 is 0 Å². The molecule has 3 nitrogen and oxygen atoms in total. The average Bonchev–Trinajstić information content (AvgIpc) is 3.01. The minimum atomic E-state index is -0.336. The van der Waals surface area contributed by atoms with Gasteiger partial charge in [0.25, 0.3) is 0 Å². The van der Waals surface area contributed by atoms with Crippen LogP contribution >= 0.6 is 11.6 Å². The zero-order valence-corrected chi connectivity index (χ0v) is 16.2. The number of halogens is 2. The third kappa shape index (κ3) is 5.19. The Morgan fingerprint density at radius 1 is 1.23 bits per heavy atom. The Bertz CT molecular complexity index is 717. The first-order valence-corrected chi connectivity index (χ1v) is 9.41. The van der Waals surface area contributed by atoms with Gasteiger partial charge in [-0.25, -0.2) is 4.39 Å². The van der Waals surface area contributed by atoms with E-state index in [4.69, 9.17) is 16.3 Å². The van der Waals surface area contributed by atoms with Crippen LogP contribution in [0.25, 0.3) is 0 Å². The molecule has 26 heavy (non-hydrogen) atoms. The molecule has 0 spiro atoms. The third-order valence-electron chi connectivity index (χ3n) is 4.74. The number of ether oxygens (including phenoxy) is 1. The first-order valence-electron chi connectivity index (χ1n) is 9.03. The Morgan fingerprint density at radius 2 is 2.04 bits per heavy atom. The highest BCUT2D eigenvalue weighted by Crippen LogP contribution is 2.24. The van der Waals surface area contributed by atoms with Crippen LogP contribution in [0.15, 0.2) is 42.5 Å². The zero-order valence-electron chi connectivity index (χ0n) is 15.4. The second-order valence-corrected chi connectivity index (χ2v) is 7.70. The minimum Gasteiger partial charge on any atom is -0.489 e. The standard InChI is InChI=1S/C21H26ClFN2O/c1-24(2)12-17-9-10-25(14-17)13-16-5-3-6-18(11-16)26-15-19-20(22)7-4-8-21(19)23/h3-8,11,17H,9-10,12-15H2,1-2H3. The highest BCUT2D eigenvalue weighted by molar-refractivity contribution is 6.31. The largest absolute Gasteiger partial charge is 0.489 e. The Morgan fingerprint density at radius 3 is 2.81 bits per heavy atom. The predicted octanol–water partition coefficient (Wildman–Crippen LogP) is 4.44. The zero-order chi connectivity index (χ0) is 18.5. The monoisotopic (exact) mass is 376 g/mol. The first kappa shape index (κ1) is 19.2. The van der Waals surface area contributed by atoms with Crippen LogP contribution in [0.3, 0.4) is 0 Å². The number of benzene rings is 2. The fraction of sp³-hybridized carbons (Fsp3) is 0.429. The summed E-state index contributed by atoms with van der Waals surface area (Å²) in [6.45, 7) is 4.46. The van der Waals surface area contributed by atoms with Crippen molar-refractivity contribution in [2.45, 2.75) is 19.6 Å². The molecule has 0 N–H and O–H groups in total. The molecule has 1 aliphatic heterocycles. The Labute approximate surface area is 160 Å². The fourth-order valence-corrected chi connectivity index (χ4v) is 3.76. The van der Waals surface area contributed by atoms with Crippen LogP contribution < -0.4 is 4.74 Å². The maximum Gasteiger partial charge on any atom is 0.131 e. The second-order valence-electron chi connectivity index (χ2n) is 7.29. The third-order valence-corrected chi connectivity index (χ3v) is 5.10. The predicted molar refractivity (Wildman–Crippen MR) is 104 cm³/mol. The van der Waals surface area contributed by atoms with Crippen molar-refractivity contribution in [3.63, 3.8) is 0 Å². The smallest absolute Gasteiger partial charge is 0.131 e. The molecule has 1 fully saturated rings. The molecule has 0 bridgehead atoms. The Hall–Kier alpha value is -1.62. The van der Waals surface area contributed by atoms with Gasteiger partial charge in [0, 0.05) is 25.2 Å². The summed E-state index contributed by atoms with van der Waals surface area (Å²) in [4.78, 5) is 4.75. The lowest BCUT2D eigenvalue weighted by molar-refractivity contribution is 0.283. The molecule has 2 aromatic rings. The summed E-state index contributed by atoms with van der Waals surface area (Å²) >= 11 is 6.06.